The van der Waals surface area contributed by atoms with E-state index in [4.69, 9.17) is 0 Å². The smallest absolute Gasteiger partial charge is 0.269 e. The third-order valence-electron chi connectivity index (χ3n) is 3.16. The van der Waals surface area contributed by atoms with Gasteiger partial charge in [-0.05, 0) is 18.5 Å². The molecule has 0 spiro atoms. The van der Waals surface area contributed by atoms with Gasteiger partial charge in [0, 0.05) is 18.7 Å². The van der Waals surface area contributed by atoms with Gasteiger partial charge in [0.05, 0.1) is 4.92 Å². The third-order valence-corrected chi connectivity index (χ3v) is 3.16. The number of unbranched alkanes of at least 4 members (excludes halogenated alkanes) is 5. The van der Waals surface area contributed by atoms with Gasteiger partial charge in [0.1, 0.15) is 0 Å². The fourth-order valence-corrected chi connectivity index (χ4v) is 2.04. The second kappa shape index (κ2) is 11.7. The summed E-state index contributed by atoms with van der Waals surface area (Å²) in [5, 5.41) is 14.0. The third kappa shape index (κ3) is 8.12. The van der Waals surface area contributed by atoms with E-state index in [1.54, 1.807) is 12.1 Å². The molecule has 0 aliphatic heterocycles. The molecular weight excluding hydrogens is 276 g/mol. The number of hydrogen-bond donors (Lipinski definition) is 1. The summed E-state index contributed by atoms with van der Waals surface area (Å²) in [6.45, 7) is 3.91. The predicted molar refractivity (Wildman–Crippen MR) is 85.4 cm³/mol. The van der Waals surface area contributed by atoms with Crippen molar-refractivity contribution in [2.75, 3.05) is 6.54 Å². The van der Waals surface area contributed by atoms with Gasteiger partial charge in [-0.25, -0.2) is 0 Å². The van der Waals surface area contributed by atoms with E-state index in [1.165, 1.54) is 44.6 Å². The van der Waals surface area contributed by atoms with E-state index in [9.17, 15) is 10.1 Å². The summed E-state index contributed by atoms with van der Waals surface area (Å²) in [7, 11) is 0. The standard InChI is InChI=1S/C15H24N2O2.ClH/c1-2-3-4-5-6-7-11-16-13-14-9-8-10-15(12-14)17(18)19;/h8-10,12,16H,2-7,11,13H2,1H3;1H. The molecule has 0 radical (unpaired) electrons. The number of non-ortho nitro benzene ring substituents is 1. The molecule has 0 aliphatic carbocycles. The second-order valence-electron chi connectivity index (χ2n) is 4.87. The minimum Gasteiger partial charge on any atom is -0.313 e. The Hall–Kier alpha value is -1.13. The van der Waals surface area contributed by atoms with Crippen molar-refractivity contribution >= 4 is 18.1 Å². The van der Waals surface area contributed by atoms with Gasteiger partial charge in [-0.2, -0.15) is 0 Å². The monoisotopic (exact) mass is 300 g/mol. The maximum absolute atomic E-state index is 10.6. The molecule has 0 heterocycles. The molecule has 0 amide bonds. The summed E-state index contributed by atoms with van der Waals surface area (Å²) in [6.07, 6.45) is 7.71. The summed E-state index contributed by atoms with van der Waals surface area (Å²) in [6, 6.07) is 6.81. The van der Waals surface area contributed by atoms with Crippen molar-refractivity contribution in [1.82, 2.24) is 5.32 Å². The predicted octanol–water partition coefficient (Wildman–Crippen LogP) is 4.47. The Bertz CT molecular complexity index is 386. The van der Waals surface area contributed by atoms with E-state index in [-0.39, 0.29) is 23.0 Å². The summed E-state index contributed by atoms with van der Waals surface area (Å²) in [5.41, 5.74) is 1.14. The molecule has 1 rings (SSSR count). The minimum absolute atomic E-state index is 0. The van der Waals surface area contributed by atoms with Gasteiger partial charge < -0.3 is 5.32 Å². The van der Waals surface area contributed by atoms with Gasteiger partial charge >= 0.3 is 0 Å². The summed E-state index contributed by atoms with van der Waals surface area (Å²) < 4.78 is 0. The van der Waals surface area contributed by atoms with Gasteiger partial charge in [0.15, 0.2) is 0 Å². The molecule has 1 aromatic rings. The Kier molecular flexibility index (Phi) is 11.0. The lowest BCUT2D eigenvalue weighted by Crippen LogP contribution is -2.14. The van der Waals surface area contributed by atoms with E-state index in [1.807, 2.05) is 6.07 Å². The first-order valence-electron chi connectivity index (χ1n) is 7.18. The first-order chi connectivity index (χ1) is 9.24. The van der Waals surface area contributed by atoms with Crippen LogP contribution in [0.5, 0.6) is 0 Å². The van der Waals surface area contributed by atoms with Crippen molar-refractivity contribution < 1.29 is 4.92 Å². The van der Waals surface area contributed by atoms with Crippen molar-refractivity contribution in [3.8, 4) is 0 Å². The van der Waals surface area contributed by atoms with Crippen molar-refractivity contribution in [3.05, 3.63) is 39.9 Å². The van der Waals surface area contributed by atoms with Crippen LogP contribution >= 0.6 is 12.4 Å². The molecule has 114 valence electrons. The van der Waals surface area contributed by atoms with Crippen molar-refractivity contribution in [1.29, 1.82) is 0 Å². The molecule has 0 bridgehead atoms. The lowest BCUT2D eigenvalue weighted by atomic mass is 10.1. The maximum atomic E-state index is 10.6. The number of hydrogen-bond acceptors (Lipinski definition) is 3. The van der Waals surface area contributed by atoms with Crippen LogP contribution in [-0.2, 0) is 6.54 Å². The molecule has 0 aromatic heterocycles. The fourth-order valence-electron chi connectivity index (χ4n) is 2.04. The molecule has 1 N–H and O–H groups in total. The van der Waals surface area contributed by atoms with Crippen LogP contribution in [0.2, 0.25) is 0 Å². The number of halogens is 1. The number of nitrogens with zero attached hydrogens (tertiary/aromatic N) is 1. The number of nitrogens with one attached hydrogen (secondary N) is 1. The first kappa shape index (κ1) is 18.9. The van der Waals surface area contributed by atoms with Gasteiger partial charge in [-0.15, -0.1) is 12.4 Å². The minimum atomic E-state index is -0.350. The van der Waals surface area contributed by atoms with Crippen molar-refractivity contribution in [2.45, 2.75) is 52.0 Å². The molecule has 0 aliphatic rings. The molecule has 4 nitrogen and oxygen atoms in total. The zero-order valence-electron chi connectivity index (χ0n) is 12.1. The SMILES string of the molecule is CCCCCCCCNCc1cccc([N+](=O)[O-])c1.Cl. The highest BCUT2D eigenvalue weighted by atomic mass is 35.5. The van der Waals surface area contributed by atoms with Crippen LogP contribution in [0.1, 0.15) is 51.0 Å². The van der Waals surface area contributed by atoms with E-state index < -0.39 is 0 Å². The molecule has 0 fully saturated rings. The summed E-state index contributed by atoms with van der Waals surface area (Å²) in [5.74, 6) is 0. The van der Waals surface area contributed by atoms with Crippen LogP contribution in [0, 0.1) is 10.1 Å². The van der Waals surface area contributed by atoms with E-state index >= 15 is 0 Å². The van der Waals surface area contributed by atoms with Crippen molar-refractivity contribution in [2.24, 2.45) is 0 Å². The zero-order valence-corrected chi connectivity index (χ0v) is 13.0. The van der Waals surface area contributed by atoms with Crippen LogP contribution < -0.4 is 5.32 Å². The van der Waals surface area contributed by atoms with Crippen LogP contribution in [0.15, 0.2) is 24.3 Å². The van der Waals surface area contributed by atoms with Gasteiger partial charge in [0.25, 0.3) is 5.69 Å². The van der Waals surface area contributed by atoms with Crippen LogP contribution in [-0.4, -0.2) is 11.5 Å². The van der Waals surface area contributed by atoms with E-state index in [0.29, 0.717) is 6.54 Å². The Balaban J connectivity index is 0.00000361. The number of benzene rings is 1. The first-order valence-corrected chi connectivity index (χ1v) is 7.18. The van der Waals surface area contributed by atoms with Gasteiger partial charge in [-0.1, -0.05) is 51.2 Å². The van der Waals surface area contributed by atoms with Crippen LogP contribution in [0.4, 0.5) is 5.69 Å². The van der Waals surface area contributed by atoms with Crippen LogP contribution in [0.25, 0.3) is 0 Å². The Labute approximate surface area is 127 Å². The van der Waals surface area contributed by atoms with Crippen LogP contribution in [0.3, 0.4) is 0 Å². The van der Waals surface area contributed by atoms with E-state index in [2.05, 4.69) is 12.2 Å². The lowest BCUT2D eigenvalue weighted by molar-refractivity contribution is -0.384. The molecule has 0 saturated carbocycles. The molecule has 0 saturated heterocycles. The highest BCUT2D eigenvalue weighted by molar-refractivity contribution is 5.85. The Morgan fingerprint density at radius 2 is 1.85 bits per heavy atom. The topological polar surface area (TPSA) is 55.2 Å². The lowest BCUT2D eigenvalue weighted by Gasteiger charge is -2.05. The molecule has 0 atom stereocenters. The van der Waals surface area contributed by atoms with Crippen molar-refractivity contribution in [3.63, 3.8) is 0 Å². The number of nitro benzene ring substituents is 1. The Morgan fingerprint density at radius 3 is 2.55 bits per heavy atom. The maximum Gasteiger partial charge on any atom is 0.269 e. The molecular formula is C15H25ClN2O2. The number of nitro groups is 1. The number of rotatable bonds is 10. The normalized spacial score (nSPS) is 10.1. The Morgan fingerprint density at radius 1 is 1.15 bits per heavy atom. The quantitative estimate of drug-likeness (QED) is 0.394. The van der Waals surface area contributed by atoms with Gasteiger partial charge in [-0.3, -0.25) is 10.1 Å². The van der Waals surface area contributed by atoms with E-state index in [0.717, 1.165) is 12.1 Å². The summed E-state index contributed by atoms with van der Waals surface area (Å²) >= 11 is 0. The highest BCUT2D eigenvalue weighted by Crippen LogP contribution is 2.12. The second-order valence-corrected chi connectivity index (χ2v) is 4.87. The van der Waals surface area contributed by atoms with Gasteiger partial charge in [0.2, 0.25) is 0 Å². The summed E-state index contributed by atoms with van der Waals surface area (Å²) in [4.78, 5) is 10.3. The highest BCUT2D eigenvalue weighted by Gasteiger charge is 2.04. The average Bonchev–Trinajstić information content (AvgIpc) is 2.42. The average molecular weight is 301 g/mol. The molecule has 1 aromatic carbocycles. The molecule has 20 heavy (non-hydrogen) atoms. The zero-order chi connectivity index (χ0) is 13.9. The molecule has 5 heteroatoms. The fraction of sp³-hybridized carbons (Fsp3) is 0.600. The molecule has 0 unspecified atom stereocenters. The largest absolute Gasteiger partial charge is 0.313 e.